The molecule has 0 aliphatic carbocycles. The first kappa shape index (κ1) is 28.3. The fraction of sp³-hybridized carbons (Fsp3) is 0.269. The van der Waals surface area contributed by atoms with Gasteiger partial charge in [-0.1, -0.05) is 19.4 Å². The quantitative estimate of drug-likeness (QED) is 0.200. The Morgan fingerprint density at radius 3 is 2.45 bits per heavy atom. The second-order valence-electron chi connectivity index (χ2n) is 8.24. The Bertz CT molecular complexity index is 1410. The predicted molar refractivity (Wildman–Crippen MR) is 143 cm³/mol. The SMILES string of the molecule is CCCCN(CC)c1c(N=Nc2ccc(S(=O)(=O)Nc3ccccn3)cc2)cc(C(=O)O)c(O)c1CC=O. The first-order chi connectivity index (χ1) is 18.2. The van der Waals surface area contributed by atoms with Crippen molar-refractivity contribution in [3.05, 3.63) is 65.9 Å². The second kappa shape index (κ2) is 12.8. The molecule has 38 heavy (non-hydrogen) atoms. The van der Waals surface area contributed by atoms with Crippen LogP contribution in [0.3, 0.4) is 0 Å². The molecule has 2 aromatic carbocycles. The lowest BCUT2D eigenvalue weighted by Crippen LogP contribution is -2.25. The number of unbranched alkanes of at least 4 members (excludes halogenated alkanes) is 1. The zero-order chi connectivity index (χ0) is 27.7. The topological polar surface area (TPSA) is 162 Å². The third-order valence-electron chi connectivity index (χ3n) is 5.67. The zero-order valence-electron chi connectivity index (χ0n) is 21.0. The smallest absolute Gasteiger partial charge is 0.339 e. The molecule has 3 aromatic rings. The van der Waals surface area contributed by atoms with E-state index in [1.807, 2.05) is 18.7 Å². The number of azo groups is 1. The molecule has 1 heterocycles. The summed E-state index contributed by atoms with van der Waals surface area (Å²) in [7, 11) is -3.88. The number of aromatic carboxylic acids is 1. The third kappa shape index (κ3) is 6.71. The molecule has 3 N–H and O–H groups in total. The van der Waals surface area contributed by atoms with Crippen LogP contribution < -0.4 is 9.62 Å². The summed E-state index contributed by atoms with van der Waals surface area (Å²) >= 11 is 0. The molecule has 11 nitrogen and oxygen atoms in total. The number of carbonyl (C=O) groups excluding carboxylic acids is 1. The Balaban J connectivity index is 2.00. The Morgan fingerprint density at radius 2 is 1.87 bits per heavy atom. The summed E-state index contributed by atoms with van der Waals surface area (Å²) in [5.41, 5.74) is 0.676. The van der Waals surface area contributed by atoms with E-state index in [0.717, 1.165) is 12.8 Å². The number of benzene rings is 2. The van der Waals surface area contributed by atoms with Gasteiger partial charge in [-0.3, -0.25) is 4.72 Å². The van der Waals surface area contributed by atoms with E-state index >= 15 is 0 Å². The molecule has 3 rings (SSSR count). The first-order valence-corrected chi connectivity index (χ1v) is 13.5. The van der Waals surface area contributed by atoms with Crippen LogP contribution in [0.1, 0.15) is 42.6 Å². The number of anilines is 2. The van der Waals surface area contributed by atoms with Gasteiger partial charge in [-0.2, -0.15) is 5.11 Å². The van der Waals surface area contributed by atoms with Crippen LogP contribution in [-0.2, 0) is 21.2 Å². The van der Waals surface area contributed by atoms with Gasteiger partial charge in [0.2, 0.25) is 0 Å². The number of aromatic nitrogens is 1. The molecule has 0 aliphatic rings. The average Bonchev–Trinajstić information content (AvgIpc) is 2.90. The number of nitrogens with zero attached hydrogens (tertiary/aromatic N) is 4. The van der Waals surface area contributed by atoms with E-state index in [0.29, 0.717) is 30.8 Å². The highest BCUT2D eigenvalue weighted by Crippen LogP contribution is 2.41. The van der Waals surface area contributed by atoms with Gasteiger partial charge < -0.3 is 19.9 Å². The van der Waals surface area contributed by atoms with Crippen LogP contribution in [0.4, 0.5) is 22.9 Å². The zero-order valence-corrected chi connectivity index (χ0v) is 21.9. The number of aldehydes is 1. The fourth-order valence-corrected chi connectivity index (χ4v) is 4.78. The monoisotopic (exact) mass is 539 g/mol. The van der Waals surface area contributed by atoms with E-state index in [1.165, 1.54) is 42.6 Å². The first-order valence-electron chi connectivity index (χ1n) is 12.0. The number of carbonyl (C=O) groups is 2. The molecule has 0 amide bonds. The van der Waals surface area contributed by atoms with Crippen molar-refractivity contribution in [3.8, 4) is 5.75 Å². The van der Waals surface area contributed by atoms with E-state index in [9.17, 15) is 28.2 Å². The van der Waals surface area contributed by atoms with Crippen molar-refractivity contribution in [2.45, 2.75) is 38.0 Å². The second-order valence-corrected chi connectivity index (χ2v) is 9.92. The molecule has 0 unspecified atom stereocenters. The van der Waals surface area contributed by atoms with Crippen molar-refractivity contribution >= 4 is 45.2 Å². The number of pyridine rings is 1. The Hall–Kier alpha value is -4.32. The number of hydrogen-bond acceptors (Lipinski definition) is 9. The number of rotatable bonds is 13. The lowest BCUT2D eigenvalue weighted by atomic mass is 10.0. The molecule has 0 bridgehead atoms. The number of hydrogen-bond donors (Lipinski definition) is 3. The molecular weight excluding hydrogens is 510 g/mol. The lowest BCUT2D eigenvalue weighted by Gasteiger charge is -2.27. The standard InChI is InChI=1S/C26H29N5O6S/c1-3-5-15-31(4-2)24-20(13-16-32)25(33)21(26(34)35)17-22(24)29-28-18-9-11-19(12-10-18)38(36,37)30-23-8-6-7-14-27-23/h6-12,14,16-17,33H,3-5,13,15H2,1-2H3,(H,27,30)(H,34,35). The van der Waals surface area contributed by atoms with E-state index < -0.39 is 27.3 Å². The van der Waals surface area contributed by atoms with E-state index in [2.05, 4.69) is 19.9 Å². The summed E-state index contributed by atoms with van der Waals surface area (Å²) in [5, 5.41) is 28.7. The number of carboxylic acids is 1. The third-order valence-corrected chi connectivity index (χ3v) is 7.04. The van der Waals surface area contributed by atoms with Crippen LogP contribution in [-0.4, -0.2) is 49.0 Å². The largest absolute Gasteiger partial charge is 0.507 e. The average molecular weight is 540 g/mol. The maximum atomic E-state index is 12.6. The van der Waals surface area contributed by atoms with Crippen LogP contribution in [0.15, 0.2) is 69.9 Å². The lowest BCUT2D eigenvalue weighted by molar-refractivity contribution is -0.107. The minimum atomic E-state index is -3.88. The summed E-state index contributed by atoms with van der Waals surface area (Å²) in [6, 6.07) is 11.7. The van der Waals surface area contributed by atoms with Gasteiger partial charge in [0, 0.05) is 31.3 Å². The highest BCUT2D eigenvalue weighted by atomic mass is 32.2. The molecule has 0 radical (unpaired) electrons. The van der Waals surface area contributed by atoms with Crippen molar-refractivity contribution in [3.63, 3.8) is 0 Å². The van der Waals surface area contributed by atoms with Crippen molar-refractivity contribution in [1.82, 2.24) is 4.98 Å². The number of nitrogens with one attached hydrogen (secondary N) is 1. The minimum absolute atomic E-state index is 0.00872. The van der Waals surface area contributed by atoms with Crippen LogP contribution in [0.5, 0.6) is 5.75 Å². The molecule has 0 saturated heterocycles. The number of carboxylic acid groups (broad SMARTS) is 1. The number of phenols is 1. The summed E-state index contributed by atoms with van der Waals surface area (Å²) < 4.78 is 27.7. The molecule has 0 aliphatic heterocycles. The van der Waals surface area contributed by atoms with Gasteiger partial charge in [-0.05, 0) is 55.8 Å². The minimum Gasteiger partial charge on any atom is -0.507 e. The Morgan fingerprint density at radius 1 is 1.13 bits per heavy atom. The van der Waals surface area contributed by atoms with Crippen LogP contribution in [0.25, 0.3) is 0 Å². The van der Waals surface area contributed by atoms with Crippen LogP contribution >= 0.6 is 0 Å². The van der Waals surface area contributed by atoms with Crippen molar-refractivity contribution in [1.29, 1.82) is 0 Å². The molecule has 1 aromatic heterocycles. The molecular formula is C26H29N5O6S. The van der Waals surface area contributed by atoms with Crippen molar-refractivity contribution in [2.24, 2.45) is 10.2 Å². The Labute approximate surface area is 220 Å². The highest BCUT2D eigenvalue weighted by Gasteiger charge is 2.24. The predicted octanol–water partition coefficient (Wildman–Crippen LogP) is 5.07. The molecule has 12 heteroatoms. The number of sulfonamides is 1. The molecule has 0 spiro atoms. The van der Waals surface area contributed by atoms with Gasteiger partial charge in [0.1, 0.15) is 29.1 Å². The maximum absolute atomic E-state index is 12.6. The van der Waals surface area contributed by atoms with Gasteiger partial charge in [-0.25, -0.2) is 18.2 Å². The number of aromatic hydroxyl groups is 1. The molecule has 0 fully saturated rings. The molecule has 0 saturated carbocycles. The van der Waals surface area contributed by atoms with Gasteiger partial charge >= 0.3 is 5.97 Å². The van der Waals surface area contributed by atoms with E-state index in [1.54, 1.807) is 12.1 Å². The summed E-state index contributed by atoms with van der Waals surface area (Å²) in [6.07, 6.45) is 3.59. The fourth-order valence-electron chi connectivity index (χ4n) is 3.77. The molecule has 0 atom stereocenters. The Kier molecular flexibility index (Phi) is 9.49. The van der Waals surface area contributed by atoms with Crippen molar-refractivity contribution < 1.29 is 28.2 Å². The van der Waals surface area contributed by atoms with Crippen molar-refractivity contribution in [2.75, 3.05) is 22.7 Å². The molecule has 200 valence electrons. The summed E-state index contributed by atoms with van der Waals surface area (Å²) in [4.78, 5) is 29.1. The van der Waals surface area contributed by atoms with Crippen LogP contribution in [0.2, 0.25) is 0 Å². The normalized spacial score (nSPS) is 11.4. The summed E-state index contributed by atoms with van der Waals surface area (Å²) in [6.45, 7) is 5.06. The highest BCUT2D eigenvalue weighted by molar-refractivity contribution is 7.92. The van der Waals surface area contributed by atoms with Gasteiger partial charge in [-0.15, -0.1) is 5.11 Å². The van der Waals surface area contributed by atoms with E-state index in [4.69, 9.17) is 0 Å². The van der Waals surface area contributed by atoms with Gasteiger partial charge in [0.05, 0.1) is 16.3 Å². The van der Waals surface area contributed by atoms with Gasteiger partial charge in [0.25, 0.3) is 10.0 Å². The van der Waals surface area contributed by atoms with Crippen LogP contribution in [0, 0.1) is 0 Å². The van der Waals surface area contributed by atoms with Gasteiger partial charge in [0.15, 0.2) is 0 Å². The van der Waals surface area contributed by atoms with E-state index in [-0.39, 0.29) is 28.4 Å². The maximum Gasteiger partial charge on any atom is 0.339 e. The summed E-state index contributed by atoms with van der Waals surface area (Å²) in [5.74, 6) is -1.67.